The lowest BCUT2D eigenvalue weighted by molar-refractivity contribution is -0.121. The Balaban J connectivity index is 1.88. The molecule has 1 aliphatic heterocycles. The fourth-order valence-electron chi connectivity index (χ4n) is 2.25. The van der Waals surface area contributed by atoms with Crippen LogP contribution in [0.5, 0.6) is 0 Å². The molecule has 1 saturated heterocycles. The molecular formula is C14H20N2O. The molecule has 0 unspecified atom stereocenters. The van der Waals surface area contributed by atoms with Crippen LogP contribution >= 0.6 is 0 Å². The molecule has 3 nitrogen and oxygen atoms in total. The van der Waals surface area contributed by atoms with Gasteiger partial charge in [0.15, 0.2) is 0 Å². The summed E-state index contributed by atoms with van der Waals surface area (Å²) in [5.74, 6) is 0.187. The normalized spacial score (nSPS) is 22.1. The Hall–Kier alpha value is -1.35. The molecule has 1 aromatic carbocycles. The summed E-state index contributed by atoms with van der Waals surface area (Å²) in [6.45, 7) is 1.60. The minimum Gasteiger partial charge on any atom is -0.355 e. The number of benzene rings is 1. The van der Waals surface area contributed by atoms with E-state index in [1.807, 2.05) is 6.07 Å². The van der Waals surface area contributed by atoms with Crippen LogP contribution in [-0.2, 0) is 11.2 Å². The van der Waals surface area contributed by atoms with Crippen LogP contribution in [-0.4, -0.2) is 25.0 Å². The predicted octanol–water partition coefficient (Wildman–Crippen LogP) is 1.49. The van der Waals surface area contributed by atoms with Gasteiger partial charge in [-0.05, 0) is 24.8 Å². The molecule has 0 spiro atoms. The van der Waals surface area contributed by atoms with Crippen LogP contribution in [0, 0.1) is 0 Å². The Morgan fingerprint density at radius 1 is 1.18 bits per heavy atom. The van der Waals surface area contributed by atoms with E-state index in [0.29, 0.717) is 12.5 Å². The largest absolute Gasteiger partial charge is 0.355 e. The SMILES string of the molecule is O=C1CCC[C@H](Cc2ccccc2)NCCN1. The summed E-state index contributed by atoms with van der Waals surface area (Å²) in [4.78, 5) is 11.3. The van der Waals surface area contributed by atoms with Crippen molar-refractivity contribution in [3.8, 4) is 0 Å². The zero-order chi connectivity index (χ0) is 11.9. The Bertz CT molecular complexity index is 350. The van der Waals surface area contributed by atoms with E-state index < -0.39 is 0 Å². The van der Waals surface area contributed by atoms with Gasteiger partial charge in [0.25, 0.3) is 0 Å². The van der Waals surface area contributed by atoms with E-state index in [2.05, 4.69) is 34.9 Å². The summed E-state index contributed by atoms with van der Waals surface area (Å²) in [6, 6.07) is 11.0. The lowest BCUT2D eigenvalue weighted by Gasteiger charge is -2.17. The number of rotatable bonds is 2. The smallest absolute Gasteiger partial charge is 0.220 e. The molecule has 2 N–H and O–H groups in total. The molecule has 0 aromatic heterocycles. The minimum atomic E-state index is 0.187. The lowest BCUT2D eigenvalue weighted by atomic mass is 10.0. The molecule has 1 aromatic rings. The molecule has 92 valence electrons. The van der Waals surface area contributed by atoms with E-state index in [4.69, 9.17) is 0 Å². The van der Waals surface area contributed by atoms with Gasteiger partial charge in [-0.2, -0.15) is 0 Å². The first-order valence-electron chi connectivity index (χ1n) is 6.38. The van der Waals surface area contributed by atoms with Crippen LogP contribution in [0.25, 0.3) is 0 Å². The molecule has 1 amide bonds. The van der Waals surface area contributed by atoms with Crippen LogP contribution in [0.1, 0.15) is 24.8 Å². The van der Waals surface area contributed by atoms with Crippen molar-refractivity contribution in [3.05, 3.63) is 35.9 Å². The highest BCUT2D eigenvalue weighted by atomic mass is 16.1. The molecule has 17 heavy (non-hydrogen) atoms. The zero-order valence-electron chi connectivity index (χ0n) is 10.1. The minimum absolute atomic E-state index is 0.187. The van der Waals surface area contributed by atoms with E-state index in [9.17, 15) is 4.79 Å². The van der Waals surface area contributed by atoms with Crippen LogP contribution in [0.15, 0.2) is 30.3 Å². The van der Waals surface area contributed by atoms with Gasteiger partial charge in [-0.1, -0.05) is 30.3 Å². The van der Waals surface area contributed by atoms with E-state index in [1.165, 1.54) is 5.56 Å². The number of nitrogens with one attached hydrogen (secondary N) is 2. The maximum atomic E-state index is 11.3. The average Bonchev–Trinajstić information content (AvgIpc) is 2.44. The van der Waals surface area contributed by atoms with Gasteiger partial charge < -0.3 is 10.6 Å². The average molecular weight is 232 g/mol. The monoisotopic (exact) mass is 232 g/mol. The highest BCUT2D eigenvalue weighted by Gasteiger charge is 2.12. The maximum absolute atomic E-state index is 11.3. The zero-order valence-corrected chi connectivity index (χ0v) is 10.1. The molecular weight excluding hydrogens is 212 g/mol. The van der Waals surface area contributed by atoms with Gasteiger partial charge >= 0.3 is 0 Å². The molecule has 0 saturated carbocycles. The van der Waals surface area contributed by atoms with Gasteiger partial charge in [-0.25, -0.2) is 0 Å². The highest BCUT2D eigenvalue weighted by molar-refractivity contribution is 5.75. The second-order valence-electron chi connectivity index (χ2n) is 4.58. The topological polar surface area (TPSA) is 41.1 Å². The standard InChI is InChI=1S/C14H20N2O/c17-14-8-4-7-13(15-9-10-16-14)11-12-5-2-1-3-6-12/h1-3,5-6,13,15H,4,7-11H2,(H,16,17)/t13-/m1/s1. The highest BCUT2D eigenvalue weighted by Crippen LogP contribution is 2.09. The quantitative estimate of drug-likeness (QED) is 0.811. The van der Waals surface area contributed by atoms with Crippen LogP contribution in [0.3, 0.4) is 0 Å². The van der Waals surface area contributed by atoms with Crippen molar-refractivity contribution in [2.75, 3.05) is 13.1 Å². The van der Waals surface area contributed by atoms with Crippen molar-refractivity contribution in [2.45, 2.75) is 31.7 Å². The van der Waals surface area contributed by atoms with Crippen molar-refractivity contribution in [3.63, 3.8) is 0 Å². The molecule has 2 rings (SSSR count). The van der Waals surface area contributed by atoms with Gasteiger partial charge in [0, 0.05) is 25.6 Å². The molecule has 1 heterocycles. The Labute approximate surface area is 103 Å². The van der Waals surface area contributed by atoms with Crippen molar-refractivity contribution < 1.29 is 4.79 Å². The fraction of sp³-hybridized carbons (Fsp3) is 0.500. The third kappa shape index (κ3) is 4.19. The second kappa shape index (κ2) is 6.40. The van der Waals surface area contributed by atoms with E-state index >= 15 is 0 Å². The number of carbonyl (C=O) groups is 1. The first kappa shape index (κ1) is 12.1. The molecule has 1 atom stereocenters. The predicted molar refractivity (Wildman–Crippen MR) is 68.8 cm³/mol. The molecule has 0 aliphatic carbocycles. The second-order valence-corrected chi connectivity index (χ2v) is 4.58. The van der Waals surface area contributed by atoms with Crippen molar-refractivity contribution >= 4 is 5.91 Å². The van der Waals surface area contributed by atoms with Gasteiger partial charge in [0.1, 0.15) is 0 Å². The Morgan fingerprint density at radius 3 is 2.82 bits per heavy atom. The summed E-state index contributed by atoms with van der Waals surface area (Å²) in [5, 5.41) is 6.42. The Morgan fingerprint density at radius 2 is 2.00 bits per heavy atom. The molecule has 3 heteroatoms. The van der Waals surface area contributed by atoms with Crippen molar-refractivity contribution in [2.24, 2.45) is 0 Å². The summed E-state index contributed by atoms with van der Waals surface area (Å²) in [5.41, 5.74) is 1.36. The van der Waals surface area contributed by atoms with E-state index in [0.717, 1.165) is 32.4 Å². The van der Waals surface area contributed by atoms with Crippen LogP contribution in [0.4, 0.5) is 0 Å². The molecule has 0 radical (unpaired) electrons. The molecule has 1 aliphatic rings. The number of hydrogen-bond acceptors (Lipinski definition) is 2. The maximum Gasteiger partial charge on any atom is 0.220 e. The number of amides is 1. The number of hydrogen-bond donors (Lipinski definition) is 2. The fourth-order valence-corrected chi connectivity index (χ4v) is 2.25. The van der Waals surface area contributed by atoms with E-state index in [1.54, 1.807) is 0 Å². The third-order valence-electron chi connectivity index (χ3n) is 3.16. The van der Waals surface area contributed by atoms with Gasteiger partial charge in [0.2, 0.25) is 5.91 Å². The lowest BCUT2D eigenvalue weighted by Crippen LogP contribution is -2.36. The van der Waals surface area contributed by atoms with Crippen molar-refractivity contribution in [1.82, 2.24) is 10.6 Å². The van der Waals surface area contributed by atoms with Crippen LogP contribution in [0.2, 0.25) is 0 Å². The third-order valence-corrected chi connectivity index (χ3v) is 3.16. The van der Waals surface area contributed by atoms with Gasteiger partial charge in [-0.3, -0.25) is 4.79 Å². The summed E-state index contributed by atoms with van der Waals surface area (Å²) >= 11 is 0. The summed E-state index contributed by atoms with van der Waals surface area (Å²) < 4.78 is 0. The van der Waals surface area contributed by atoms with Crippen LogP contribution < -0.4 is 10.6 Å². The molecule has 0 bridgehead atoms. The Kier molecular flexibility index (Phi) is 4.56. The first-order chi connectivity index (χ1) is 8.34. The summed E-state index contributed by atoms with van der Waals surface area (Å²) in [6.07, 6.45) is 3.75. The summed E-state index contributed by atoms with van der Waals surface area (Å²) in [7, 11) is 0. The van der Waals surface area contributed by atoms with Gasteiger partial charge in [-0.15, -0.1) is 0 Å². The van der Waals surface area contributed by atoms with Gasteiger partial charge in [0.05, 0.1) is 0 Å². The molecule has 1 fully saturated rings. The van der Waals surface area contributed by atoms with E-state index in [-0.39, 0.29) is 5.91 Å². The van der Waals surface area contributed by atoms with Crippen molar-refractivity contribution in [1.29, 1.82) is 0 Å². The first-order valence-corrected chi connectivity index (χ1v) is 6.38. The number of carbonyl (C=O) groups excluding carboxylic acids is 1.